The normalized spacial score (nSPS) is 21.0. The number of likely N-dealkylation sites (N-methyl/N-ethyl adjacent to an activating group) is 1. The fourth-order valence-corrected chi connectivity index (χ4v) is 0.803. The van der Waals surface area contributed by atoms with Crippen LogP contribution in [0.4, 0.5) is 0 Å². The van der Waals surface area contributed by atoms with E-state index in [1.165, 1.54) is 0 Å². The molecule has 0 spiro atoms. The molecule has 0 aromatic heterocycles. The third-order valence-electron chi connectivity index (χ3n) is 2.09. The number of nitrogens with one attached hydrogen (secondary N) is 1. The van der Waals surface area contributed by atoms with Crippen LogP contribution in [0.15, 0.2) is 0 Å². The largest absolute Gasteiger partial charge is 0.313 e. The molecule has 1 N–H and O–H groups in total. The summed E-state index contributed by atoms with van der Waals surface area (Å²) >= 11 is 0. The predicted molar refractivity (Wildman–Crippen MR) is 46.3 cm³/mol. The second-order valence-corrected chi connectivity index (χ2v) is 2.99. The Morgan fingerprint density at radius 2 is 1.60 bits per heavy atom. The van der Waals surface area contributed by atoms with Gasteiger partial charge in [0, 0.05) is 18.6 Å². The summed E-state index contributed by atoms with van der Waals surface area (Å²) in [5.41, 5.74) is 0.444. The van der Waals surface area contributed by atoms with Gasteiger partial charge in [-0.25, -0.2) is 0 Å². The molecule has 0 amide bonds. The standard InChI is InChI=1S/C6H14N2.C2H6/c1-6(8(2)3)4-7-5-6;1-2/h7H,4-5H2,1-3H3;1-2H3. The summed E-state index contributed by atoms with van der Waals surface area (Å²) in [5.74, 6) is 0. The molecule has 0 bridgehead atoms. The van der Waals surface area contributed by atoms with Gasteiger partial charge in [-0.3, -0.25) is 0 Å². The second kappa shape index (κ2) is 3.94. The smallest absolute Gasteiger partial charge is 0.0423 e. The highest BCUT2D eigenvalue weighted by Gasteiger charge is 2.33. The molecule has 10 heavy (non-hydrogen) atoms. The molecule has 1 fully saturated rings. The zero-order chi connectivity index (χ0) is 8.20. The first-order valence-electron chi connectivity index (χ1n) is 4.03. The first-order valence-corrected chi connectivity index (χ1v) is 4.03. The minimum Gasteiger partial charge on any atom is -0.313 e. The molecule has 0 aromatic rings. The average Bonchev–Trinajstić information content (AvgIpc) is 1.87. The van der Waals surface area contributed by atoms with Crippen molar-refractivity contribution in [2.45, 2.75) is 26.3 Å². The lowest BCUT2D eigenvalue weighted by molar-refractivity contribution is 0.106. The maximum absolute atomic E-state index is 3.24. The Morgan fingerprint density at radius 1 is 1.20 bits per heavy atom. The van der Waals surface area contributed by atoms with Crippen LogP contribution in [-0.2, 0) is 0 Å². The van der Waals surface area contributed by atoms with Crippen LogP contribution in [0.3, 0.4) is 0 Å². The van der Waals surface area contributed by atoms with Crippen molar-refractivity contribution in [3.05, 3.63) is 0 Å². The fourth-order valence-electron chi connectivity index (χ4n) is 0.803. The van der Waals surface area contributed by atoms with Gasteiger partial charge in [0.05, 0.1) is 0 Å². The zero-order valence-electron chi connectivity index (χ0n) is 7.86. The molecule has 2 nitrogen and oxygen atoms in total. The third-order valence-corrected chi connectivity index (χ3v) is 2.09. The van der Waals surface area contributed by atoms with Crippen LogP contribution in [0.25, 0.3) is 0 Å². The van der Waals surface area contributed by atoms with E-state index in [9.17, 15) is 0 Å². The van der Waals surface area contributed by atoms with Crippen LogP contribution < -0.4 is 5.32 Å². The van der Waals surface area contributed by atoms with E-state index in [1.807, 2.05) is 13.8 Å². The van der Waals surface area contributed by atoms with Crippen molar-refractivity contribution in [1.29, 1.82) is 0 Å². The Labute approximate surface area is 64.6 Å². The summed E-state index contributed by atoms with van der Waals surface area (Å²) in [6.45, 7) is 8.55. The molecule has 1 aliphatic heterocycles. The van der Waals surface area contributed by atoms with E-state index in [0.29, 0.717) is 5.54 Å². The van der Waals surface area contributed by atoms with Gasteiger partial charge in [0.15, 0.2) is 0 Å². The topological polar surface area (TPSA) is 15.3 Å². The van der Waals surface area contributed by atoms with Gasteiger partial charge in [-0.15, -0.1) is 0 Å². The minimum atomic E-state index is 0.444. The Kier molecular flexibility index (Phi) is 3.91. The lowest BCUT2D eigenvalue weighted by Gasteiger charge is -2.44. The highest BCUT2D eigenvalue weighted by atomic mass is 15.2. The van der Waals surface area contributed by atoms with Gasteiger partial charge >= 0.3 is 0 Å². The molecule has 1 aliphatic rings. The Bertz CT molecular complexity index is 85.3. The number of nitrogens with zero attached hydrogens (tertiary/aromatic N) is 1. The average molecular weight is 144 g/mol. The van der Waals surface area contributed by atoms with Crippen LogP contribution >= 0.6 is 0 Å². The van der Waals surface area contributed by atoms with Gasteiger partial charge in [-0.1, -0.05) is 13.8 Å². The van der Waals surface area contributed by atoms with Gasteiger partial charge in [0.25, 0.3) is 0 Å². The van der Waals surface area contributed by atoms with E-state index in [1.54, 1.807) is 0 Å². The van der Waals surface area contributed by atoms with Crippen molar-refractivity contribution < 1.29 is 0 Å². The van der Waals surface area contributed by atoms with Crippen molar-refractivity contribution in [2.24, 2.45) is 0 Å². The molecule has 0 unspecified atom stereocenters. The molecule has 2 heteroatoms. The summed E-state index contributed by atoms with van der Waals surface area (Å²) in [5, 5.41) is 3.24. The van der Waals surface area contributed by atoms with Gasteiger partial charge in [-0.05, 0) is 21.0 Å². The molecule has 1 rings (SSSR count). The molecule has 0 radical (unpaired) electrons. The molecule has 0 saturated carbocycles. The quantitative estimate of drug-likeness (QED) is 0.589. The number of hydrogen-bond donors (Lipinski definition) is 1. The summed E-state index contributed by atoms with van der Waals surface area (Å²) < 4.78 is 0. The zero-order valence-corrected chi connectivity index (χ0v) is 7.86. The van der Waals surface area contributed by atoms with E-state index in [2.05, 4.69) is 31.2 Å². The van der Waals surface area contributed by atoms with Crippen LogP contribution in [0, 0.1) is 0 Å². The molecular weight excluding hydrogens is 124 g/mol. The highest BCUT2D eigenvalue weighted by Crippen LogP contribution is 2.14. The van der Waals surface area contributed by atoms with Gasteiger partial charge in [0.1, 0.15) is 0 Å². The highest BCUT2D eigenvalue weighted by molar-refractivity contribution is 4.95. The lowest BCUT2D eigenvalue weighted by atomic mass is 9.94. The van der Waals surface area contributed by atoms with E-state index in [0.717, 1.165) is 13.1 Å². The van der Waals surface area contributed by atoms with Crippen molar-refractivity contribution in [1.82, 2.24) is 10.2 Å². The van der Waals surface area contributed by atoms with E-state index >= 15 is 0 Å². The molecule has 0 aromatic carbocycles. The maximum atomic E-state index is 3.24. The summed E-state index contributed by atoms with van der Waals surface area (Å²) in [6, 6.07) is 0. The summed E-state index contributed by atoms with van der Waals surface area (Å²) in [4.78, 5) is 2.27. The maximum Gasteiger partial charge on any atom is 0.0423 e. The fraction of sp³-hybridized carbons (Fsp3) is 1.00. The van der Waals surface area contributed by atoms with Crippen molar-refractivity contribution in [3.8, 4) is 0 Å². The van der Waals surface area contributed by atoms with Gasteiger partial charge in [-0.2, -0.15) is 0 Å². The van der Waals surface area contributed by atoms with Crippen LogP contribution in [-0.4, -0.2) is 37.6 Å². The van der Waals surface area contributed by atoms with Crippen LogP contribution in [0.1, 0.15) is 20.8 Å². The van der Waals surface area contributed by atoms with E-state index in [4.69, 9.17) is 0 Å². The first kappa shape index (κ1) is 9.92. The van der Waals surface area contributed by atoms with E-state index < -0.39 is 0 Å². The van der Waals surface area contributed by atoms with Gasteiger partial charge < -0.3 is 10.2 Å². The summed E-state index contributed by atoms with van der Waals surface area (Å²) in [7, 11) is 4.25. The minimum absolute atomic E-state index is 0.444. The van der Waals surface area contributed by atoms with Crippen LogP contribution in [0.2, 0.25) is 0 Å². The van der Waals surface area contributed by atoms with Crippen molar-refractivity contribution in [3.63, 3.8) is 0 Å². The SMILES string of the molecule is CC.CN(C)C1(C)CNC1. The predicted octanol–water partition coefficient (Wildman–Crippen LogP) is 0.936. The molecule has 1 saturated heterocycles. The van der Waals surface area contributed by atoms with Crippen molar-refractivity contribution in [2.75, 3.05) is 27.2 Å². The van der Waals surface area contributed by atoms with Crippen molar-refractivity contribution >= 4 is 0 Å². The molecule has 62 valence electrons. The lowest BCUT2D eigenvalue weighted by Crippen LogP contribution is -2.64. The monoisotopic (exact) mass is 144 g/mol. The Balaban J connectivity index is 0.000000371. The second-order valence-electron chi connectivity index (χ2n) is 2.99. The molecule has 1 heterocycles. The number of rotatable bonds is 1. The molecular formula is C8H20N2. The van der Waals surface area contributed by atoms with Crippen LogP contribution in [0.5, 0.6) is 0 Å². The van der Waals surface area contributed by atoms with Gasteiger partial charge in [0.2, 0.25) is 0 Å². The first-order chi connectivity index (χ1) is 4.65. The number of hydrogen-bond acceptors (Lipinski definition) is 2. The molecule has 0 aliphatic carbocycles. The Morgan fingerprint density at radius 3 is 1.60 bits per heavy atom. The molecule has 0 atom stereocenters. The summed E-state index contributed by atoms with van der Waals surface area (Å²) in [6.07, 6.45) is 0. The third kappa shape index (κ3) is 1.96. The Hall–Kier alpha value is -0.0800. The van der Waals surface area contributed by atoms with E-state index in [-0.39, 0.29) is 0 Å².